The molecule has 76 valence electrons. The summed E-state index contributed by atoms with van der Waals surface area (Å²) in [5.74, 6) is -1.11. The number of hydrogen-bond acceptors (Lipinski definition) is 4. The first-order chi connectivity index (χ1) is 5.93. The minimum atomic E-state index is -0.934. The number of rotatable bonds is 5. The normalized spacial score (nSPS) is 14.7. The van der Waals surface area contributed by atoms with E-state index in [1.165, 1.54) is 6.92 Å². The zero-order valence-electron chi connectivity index (χ0n) is 7.49. The Labute approximate surface area is 76.3 Å². The maximum atomic E-state index is 11.0. The van der Waals surface area contributed by atoms with Gasteiger partial charge in [-0.3, -0.25) is 9.59 Å². The van der Waals surface area contributed by atoms with Gasteiger partial charge < -0.3 is 21.9 Å². The Balaban J connectivity index is 3.76. The van der Waals surface area contributed by atoms with E-state index in [4.69, 9.17) is 16.6 Å². The number of nitrogens with two attached hydrogens (primary N) is 2. The highest BCUT2D eigenvalue weighted by Gasteiger charge is 2.15. The minimum absolute atomic E-state index is 0.116. The first-order valence-corrected chi connectivity index (χ1v) is 3.93. The number of aliphatic hydroxyl groups excluding tert-OH is 1. The molecule has 6 heteroatoms. The van der Waals surface area contributed by atoms with Gasteiger partial charge in [0.15, 0.2) is 0 Å². The molecule has 0 saturated carbocycles. The molecule has 0 aliphatic carbocycles. The van der Waals surface area contributed by atoms with Crippen LogP contribution in [0.25, 0.3) is 0 Å². The van der Waals surface area contributed by atoms with Gasteiger partial charge in [-0.05, 0) is 6.92 Å². The largest absolute Gasteiger partial charge is 0.392 e. The van der Waals surface area contributed by atoms with Gasteiger partial charge >= 0.3 is 0 Å². The maximum absolute atomic E-state index is 11.0. The molecule has 6 nitrogen and oxygen atoms in total. The predicted octanol–water partition coefficient (Wildman–Crippen LogP) is -2.31. The summed E-state index contributed by atoms with van der Waals surface area (Å²) in [6.45, 7) is 1.64. The molecule has 0 heterocycles. The lowest BCUT2D eigenvalue weighted by Crippen LogP contribution is -2.44. The SMILES string of the molecule is CC(O)CNC(=O)C(N)CC(N)=O. The molecule has 13 heavy (non-hydrogen) atoms. The highest BCUT2D eigenvalue weighted by atomic mass is 16.3. The quantitative estimate of drug-likeness (QED) is 0.388. The van der Waals surface area contributed by atoms with Crippen LogP contribution in [0.5, 0.6) is 0 Å². The molecular weight excluding hydrogens is 174 g/mol. The summed E-state index contributed by atoms with van der Waals surface area (Å²) in [5.41, 5.74) is 10.1. The minimum Gasteiger partial charge on any atom is -0.392 e. The van der Waals surface area contributed by atoms with E-state index in [1.807, 2.05) is 0 Å². The Bertz CT molecular complexity index is 193. The lowest BCUT2D eigenvalue weighted by molar-refractivity contribution is -0.126. The molecule has 0 aliphatic rings. The molecule has 2 unspecified atom stereocenters. The highest BCUT2D eigenvalue weighted by molar-refractivity contribution is 5.87. The Hall–Kier alpha value is -1.14. The molecule has 0 bridgehead atoms. The first-order valence-electron chi connectivity index (χ1n) is 3.93. The van der Waals surface area contributed by atoms with Crippen LogP contribution in [0.3, 0.4) is 0 Å². The number of amides is 2. The van der Waals surface area contributed by atoms with Gasteiger partial charge in [-0.1, -0.05) is 0 Å². The predicted molar refractivity (Wildman–Crippen MR) is 46.5 cm³/mol. The van der Waals surface area contributed by atoms with Crippen LogP contribution in [0.1, 0.15) is 13.3 Å². The van der Waals surface area contributed by atoms with Crippen molar-refractivity contribution in [1.82, 2.24) is 5.32 Å². The van der Waals surface area contributed by atoms with Crippen LogP contribution in [-0.4, -0.2) is 35.6 Å². The molecule has 0 spiro atoms. The van der Waals surface area contributed by atoms with E-state index in [9.17, 15) is 9.59 Å². The molecule has 0 aliphatic heterocycles. The molecule has 0 rings (SSSR count). The smallest absolute Gasteiger partial charge is 0.237 e. The maximum Gasteiger partial charge on any atom is 0.237 e. The molecule has 6 N–H and O–H groups in total. The van der Waals surface area contributed by atoms with Gasteiger partial charge in [0.25, 0.3) is 0 Å². The van der Waals surface area contributed by atoms with E-state index >= 15 is 0 Å². The topological polar surface area (TPSA) is 118 Å². The Morgan fingerprint density at radius 1 is 1.54 bits per heavy atom. The summed E-state index contributed by atoms with van der Waals surface area (Å²) in [6, 6.07) is -0.934. The summed E-state index contributed by atoms with van der Waals surface area (Å²) >= 11 is 0. The number of carbonyl (C=O) groups excluding carboxylic acids is 2. The Morgan fingerprint density at radius 2 is 2.08 bits per heavy atom. The second kappa shape index (κ2) is 5.50. The average Bonchev–Trinajstić information content (AvgIpc) is 1.98. The number of aliphatic hydroxyl groups is 1. The number of nitrogens with one attached hydrogen (secondary N) is 1. The van der Waals surface area contributed by atoms with Gasteiger partial charge in [-0.15, -0.1) is 0 Å². The third-order valence-electron chi connectivity index (χ3n) is 1.33. The standard InChI is InChI=1S/C7H15N3O3/c1-4(11)3-10-7(13)5(8)2-6(9)12/h4-5,11H,2-3,8H2,1H3,(H2,9,12)(H,10,13). The van der Waals surface area contributed by atoms with E-state index in [0.717, 1.165) is 0 Å². The van der Waals surface area contributed by atoms with Crippen molar-refractivity contribution in [2.24, 2.45) is 11.5 Å². The van der Waals surface area contributed by atoms with Gasteiger partial charge in [-0.2, -0.15) is 0 Å². The first kappa shape index (κ1) is 11.9. The number of primary amides is 1. The molecular formula is C7H15N3O3. The lowest BCUT2D eigenvalue weighted by Gasteiger charge is -2.11. The summed E-state index contributed by atoms with van der Waals surface area (Å²) in [7, 11) is 0. The Kier molecular flexibility index (Phi) is 5.01. The van der Waals surface area contributed by atoms with Crippen LogP contribution in [0.15, 0.2) is 0 Å². The van der Waals surface area contributed by atoms with Gasteiger partial charge in [-0.25, -0.2) is 0 Å². The van der Waals surface area contributed by atoms with E-state index in [2.05, 4.69) is 5.32 Å². The monoisotopic (exact) mass is 189 g/mol. The van der Waals surface area contributed by atoms with Crippen LogP contribution in [-0.2, 0) is 9.59 Å². The molecule has 0 aromatic carbocycles. The van der Waals surface area contributed by atoms with Crippen molar-refractivity contribution in [2.45, 2.75) is 25.5 Å². The second-order valence-corrected chi connectivity index (χ2v) is 2.87. The van der Waals surface area contributed by atoms with Gasteiger partial charge in [0.1, 0.15) is 0 Å². The second-order valence-electron chi connectivity index (χ2n) is 2.87. The summed E-state index contributed by atoms with van der Waals surface area (Å²) in [5, 5.41) is 11.2. The summed E-state index contributed by atoms with van der Waals surface area (Å²) in [6.07, 6.45) is -0.823. The zero-order valence-corrected chi connectivity index (χ0v) is 7.49. The fourth-order valence-electron chi connectivity index (χ4n) is 0.689. The van der Waals surface area contributed by atoms with Crippen LogP contribution in [0.4, 0.5) is 0 Å². The Morgan fingerprint density at radius 3 is 2.46 bits per heavy atom. The molecule has 2 amide bonds. The lowest BCUT2D eigenvalue weighted by atomic mass is 10.2. The van der Waals surface area contributed by atoms with Crippen LogP contribution in [0, 0.1) is 0 Å². The highest BCUT2D eigenvalue weighted by Crippen LogP contribution is 1.87. The van der Waals surface area contributed by atoms with Gasteiger partial charge in [0, 0.05) is 6.54 Å². The molecule has 0 fully saturated rings. The van der Waals surface area contributed by atoms with Crippen molar-refractivity contribution in [2.75, 3.05) is 6.54 Å². The zero-order chi connectivity index (χ0) is 10.4. The third-order valence-corrected chi connectivity index (χ3v) is 1.33. The van der Waals surface area contributed by atoms with Crippen LogP contribution in [0.2, 0.25) is 0 Å². The number of carbonyl (C=O) groups is 2. The van der Waals surface area contributed by atoms with Gasteiger partial charge in [0.05, 0.1) is 18.6 Å². The van der Waals surface area contributed by atoms with Crippen molar-refractivity contribution in [3.8, 4) is 0 Å². The van der Waals surface area contributed by atoms with E-state index in [0.29, 0.717) is 0 Å². The van der Waals surface area contributed by atoms with Crippen LogP contribution >= 0.6 is 0 Å². The molecule has 0 aromatic heterocycles. The van der Waals surface area contributed by atoms with Crippen molar-refractivity contribution in [1.29, 1.82) is 0 Å². The van der Waals surface area contributed by atoms with Gasteiger partial charge in [0.2, 0.25) is 11.8 Å². The summed E-state index contributed by atoms with van der Waals surface area (Å²) < 4.78 is 0. The average molecular weight is 189 g/mol. The molecule has 0 radical (unpaired) electrons. The van der Waals surface area contributed by atoms with E-state index in [1.54, 1.807) is 0 Å². The fourth-order valence-corrected chi connectivity index (χ4v) is 0.689. The fraction of sp³-hybridized carbons (Fsp3) is 0.714. The van der Waals surface area contributed by atoms with Crippen molar-refractivity contribution in [3.05, 3.63) is 0 Å². The van der Waals surface area contributed by atoms with E-state index in [-0.39, 0.29) is 13.0 Å². The van der Waals surface area contributed by atoms with Crippen molar-refractivity contribution >= 4 is 11.8 Å². The molecule has 0 saturated heterocycles. The number of hydrogen-bond donors (Lipinski definition) is 4. The molecule has 0 aromatic rings. The third kappa shape index (κ3) is 6.06. The summed E-state index contributed by atoms with van der Waals surface area (Å²) in [4.78, 5) is 21.4. The van der Waals surface area contributed by atoms with Crippen molar-refractivity contribution < 1.29 is 14.7 Å². The van der Waals surface area contributed by atoms with Crippen molar-refractivity contribution in [3.63, 3.8) is 0 Å². The van der Waals surface area contributed by atoms with Crippen LogP contribution < -0.4 is 16.8 Å². The molecule has 2 atom stereocenters. The van der Waals surface area contributed by atoms with E-state index < -0.39 is 24.0 Å².